The Morgan fingerprint density at radius 1 is 1.26 bits per heavy atom. The van der Waals surface area contributed by atoms with Crippen LogP contribution in [0.15, 0.2) is 24.4 Å². The SMILES string of the molecule is Cc1ccnnc1-c1ccc(C(=O)NCC(=O)C2CCCCC2N2C[C@H](Cl)[C@H]3OCC(=O)[C@H]32)s1. The van der Waals surface area contributed by atoms with Gasteiger partial charge in [0.05, 0.1) is 33.8 Å². The molecule has 180 valence electrons. The smallest absolute Gasteiger partial charge is 0.261 e. The third-order valence-corrected chi connectivity index (χ3v) is 8.61. The number of carbonyl (C=O) groups is 3. The average Bonchev–Trinajstić information content (AvgIpc) is 3.56. The number of hydrogen-bond acceptors (Lipinski definition) is 8. The van der Waals surface area contributed by atoms with Gasteiger partial charge in [-0.15, -0.1) is 28.0 Å². The molecule has 1 amide bonds. The van der Waals surface area contributed by atoms with Crippen LogP contribution in [0.25, 0.3) is 10.6 Å². The lowest BCUT2D eigenvalue weighted by Gasteiger charge is -2.39. The molecule has 2 saturated heterocycles. The third kappa shape index (κ3) is 4.42. The van der Waals surface area contributed by atoms with Crippen LogP contribution in [0, 0.1) is 12.8 Å². The third-order valence-electron chi connectivity index (χ3n) is 7.14. The molecule has 2 aromatic heterocycles. The Labute approximate surface area is 207 Å². The number of aromatic nitrogens is 2. The monoisotopic (exact) mass is 502 g/mol. The van der Waals surface area contributed by atoms with Crippen molar-refractivity contribution >= 4 is 40.4 Å². The van der Waals surface area contributed by atoms with Gasteiger partial charge < -0.3 is 10.1 Å². The number of nitrogens with one attached hydrogen (secondary N) is 1. The number of ketones is 2. The number of carbonyl (C=O) groups excluding carboxylic acids is 3. The summed E-state index contributed by atoms with van der Waals surface area (Å²) >= 11 is 7.81. The standard InChI is InChI=1S/C24H27ClN4O4S/c1-13-8-9-27-28-21(13)19-6-7-20(34-19)24(32)26-10-17(30)14-4-2-3-5-16(14)29-11-15(25)23-22(29)18(31)12-33-23/h6-9,14-16,22-23H,2-5,10-12H2,1H3,(H,26,32)/t14?,15-,16?,22+,23+/m0/s1. The number of ether oxygens (including phenoxy) is 1. The van der Waals surface area contributed by atoms with E-state index in [4.69, 9.17) is 16.3 Å². The van der Waals surface area contributed by atoms with Crippen molar-refractivity contribution < 1.29 is 19.1 Å². The largest absolute Gasteiger partial charge is 0.367 e. The van der Waals surface area contributed by atoms with Gasteiger partial charge in [-0.2, -0.15) is 5.10 Å². The predicted octanol–water partition coefficient (Wildman–Crippen LogP) is 2.63. The van der Waals surface area contributed by atoms with Crippen LogP contribution >= 0.6 is 22.9 Å². The number of alkyl halides is 1. The second-order valence-electron chi connectivity index (χ2n) is 9.23. The zero-order valence-electron chi connectivity index (χ0n) is 18.9. The molecule has 1 N–H and O–H groups in total. The lowest BCUT2D eigenvalue weighted by atomic mass is 9.80. The lowest BCUT2D eigenvalue weighted by molar-refractivity contribution is -0.128. The average molecular weight is 503 g/mol. The van der Waals surface area contributed by atoms with Gasteiger partial charge in [0.2, 0.25) is 0 Å². The van der Waals surface area contributed by atoms with Crippen LogP contribution in [0.5, 0.6) is 0 Å². The van der Waals surface area contributed by atoms with Crippen molar-refractivity contribution in [3.63, 3.8) is 0 Å². The van der Waals surface area contributed by atoms with E-state index in [0.29, 0.717) is 11.4 Å². The normalized spacial score (nSPS) is 29.2. The molecule has 10 heteroatoms. The minimum Gasteiger partial charge on any atom is -0.367 e. The Bertz CT molecular complexity index is 1110. The van der Waals surface area contributed by atoms with Gasteiger partial charge in [0.15, 0.2) is 11.6 Å². The predicted molar refractivity (Wildman–Crippen MR) is 128 cm³/mol. The fourth-order valence-corrected chi connectivity index (χ4v) is 6.81. The van der Waals surface area contributed by atoms with E-state index in [-0.39, 0.29) is 60.1 Å². The highest BCUT2D eigenvalue weighted by molar-refractivity contribution is 7.17. The number of hydrogen-bond donors (Lipinski definition) is 1. The number of Topliss-reactive ketones (excluding diaryl/α,β-unsaturated/α-hetero) is 2. The van der Waals surface area contributed by atoms with E-state index in [1.165, 1.54) is 11.3 Å². The molecule has 2 unspecified atom stereocenters. The van der Waals surface area contributed by atoms with E-state index in [1.807, 2.05) is 19.1 Å². The Hall–Kier alpha value is -2.20. The summed E-state index contributed by atoms with van der Waals surface area (Å²) in [7, 11) is 0. The van der Waals surface area contributed by atoms with Gasteiger partial charge in [-0.3, -0.25) is 19.3 Å². The lowest BCUT2D eigenvalue weighted by Crippen LogP contribution is -2.52. The molecule has 0 spiro atoms. The van der Waals surface area contributed by atoms with E-state index >= 15 is 0 Å². The van der Waals surface area contributed by atoms with Gasteiger partial charge in [-0.1, -0.05) is 12.8 Å². The molecule has 4 heterocycles. The molecule has 1 aliphatic carbocycles. The molecule has 0 radical (unpaired) electrons. The Balaban J connectivity index is 1.24. The maximum absolute atomic E-state index is 13.2. The first-order valence-electron chi connectivity index (χ1n) is 11.7. The summed E-state index contributed by atoms with van der Waals surface area (Å²) < 4.78 is 5.62. The minimum atomic E-state index is -0.357. The summed E-state index contributed by atoms with van der Waals surface area (Å²) in [6.07, 6.45) is 4.91. The number of nitrogens with zero attached hydrogens (tertiary/aromatic N) is 3. The summed E-state index contributed by atoms with van der Waals surface area (Å²) in [5.41, 5.74) is 1.73. The number of halogens is 1. The van der Waals surface area contributed by atoms with Crippen molar-refractivity contribution in [2.75, 3.05) is 19.7 Å². The first kappa shape index (κ1) is 23.5. The second-order valence-corrected chi connectivity index (χ2v) is 10.9. The maximum Gasteiger partial charge on any atom is 0.261 e. The first-order valence-corrected chi connectivity index (χ1v) is 12.9. The number of fused-ring (bicyclic) bond motifs is 1. The van der Waals surface area contributed by atoms with Crippen molar-refractivity contribution in [1.29, 1.82) is 0 Å². The van der Waals surface area contributed by atoms with Crippen molar-refractivity contribution in [1.82, 2.24) is 20.4 Å². The van der Waals surface area contributed by atoms with E-state index in [2.05, 4.69) is 20.4 Å². The van der Waals surface area contributed by atoms with E-state index < -0.39 is 0 Å². The van der Waals surface area contributed by atoms with Gasteiger partial charge >= 0.3 is 0 Å². The number of likely N-dealkylation sites (tertiary alicyclic amines) is 1. The second kappa shape index (κ2) is 9.81. The van der Waals surface area contributed by atoms with Gasteiger partial charge in [-0.25, -0.2) is 0 Å². The summed E-state index contributed by atoms with van der Waals surface area (Å²) in [4.78, 5) is 41.9. The van der Waals surface area contributed by atoms with Crippen molar-refractivity contribution in [2.24, 2.45) is 5.92 Å². The summed E-state index contributed by atoms with van der Waals surface area (Å²) in [6.45, 7) is 2.55. The van der Waals surface area contributed by atoms with Crippen LogP contribution in [-0.2, 0) is 14.3 Å². The highest BCUT2D eigenvalue weighted by Crippen LogP contribution is 2.38. The molecular weight excluding hydrogens is 476 g/mol. The summed E-state index contributed by atoms with van der Waals surface area (Å²) in [5, 5.41) is 10.6. The molecule has 3 fully saturated rings. The zero-order valence-corrected chi connectivity index (χ0v) is 20.5. The molecular formula is C24H27ClN4O4S. The van der Waals surface area contributed by atoms with Crippen molar-refractivity contribution in [2.45, 2.75) is 56.2 Å². The fourth-order valence-electron chi connectivity index (χ4n) is 5.47. The Kier molecular flexibility index (Phi) is 6.79. The minimum absolute atomic E-state index is 0.000497. The number of rotatable bonds is 6. The maximum atomic E-state index is 13.2. The molecule has 1 saturated carbocycles. The molecule has 2 aliphatic heterocycles. The fraction of sp³-hybridized carbons (Fsp3) is 0.542. The van der Waals surface area contributed by atoms with Gasteiger partial charge in [0.1, 0.15) is 12.3 Å². The zero-order chi connectivity index (χ0) is 23.8. The van der Waals surface area contributed by atoms with Crippen LogP contribution in [0.1, 0.15) is 40.9 Å². The van der Waals surface area contributed by atoms with Crippen molar-refractivity contribution in [3.05, 3.63) is 34.8 Å². The molecule has 0 aromatic carbocycles. The van der Waals surface area contributed by atoms with Crippen LogP contribution in [0.4, 0.5) is 0 Å². The topological polar surface area (TPSA) is 101 Å². The van der Waals surface area contributed by atoms with E-state index in [9.17, 15) is 14.4 Å². The molecule has 0 bridgehead atoms. The Morgan fingerprint density at radius 3 is 2.91 bits per heavy atom. The van der Waals surface area contributed by atoms with E-state index in [0.717, 1.165) is 41.8 Å². The Morgan fingerprint density at radius 2 is 2.09 bits per heavy atom. The van der Waals surface area contributed by atoms with Gasteiger partial charge in [0.25, 0.3) is 5.91 Å². The van der Waals surface area contributed by atoms with Gasteiger partial charge in [-0.05, 0) is 43.5 Å². The highest BCUT2D eigenvalue weighted by Gasteiger charge is 2.53. The summed E-state index contributed by atoms with van der Waals surface area (Å²) in [5.74, 6) is -0.461. The molecule has 8 nitrogen and oxygen atoms in total. The quantitative estimate of drug-likeness (QED) is 0.606. The van der Waals surface area contributed by atoms with Crippen LogP contribution in [0.3, 0.4) is 0 Å². The van der Waals surface area contributed by atoms with Crippen LogP contribution < -0.4 is 5.32 Å². The molecule has 5 atom stereocenters. The van der Waals surface area contributed by atoms with Crippen molar-refractivity contribution in [3.8, 4) is 10.6 Å². The first-order chi connectivity index (χ1) is 16.4. The number of thiophene rings is 1. The number of amides is 1. The molecule has 3 aliphatic rings. The van der Waals surface area contributed by atoms with Crippen LogP contribution in [-0.4, -0.2) is 75.8 Å². The van der Waals surface area contributed by atoms with E-state index in [1.54, 1.807) is 12.3 Å². The molecule has 34 heavy (non-hydrogen) atoms. The molecule has 2 aromatic rings. The summed E-state index contributed by atoms with van der Waals surface area (Å²) in [6, 6.07) is 5.07. The highest BCUT2D eigenvalue weighted by atomic mass is 35.5. The van der Waals surface area contributed by atoms with Crippen LogP contribution in [0.2, 0.25) is 0 Å². The molecule has 5 rings (SSSR count). The number of aryl methyl sites for hydroxylation is 1. The van der Waals surface area contributed by atoms with Gasteiger partial charge in [0, 0.05) is 24.7 Å².